The Hall–Kier alpha value is -1.14. The van der Waals surface area contributed by atoms with Gasteiger partial charge in [-0.2, -0.15) is 0 Å². The molecule has 0 aliphatic rings. The molecule has 0 spiro atoms. The van der Waals surface area contributed by atoms with Crippen LogP contribution < -0.4 is 5.32 Å². The van der Waals surface area contributed by atoms with Crippen LogP contribution in [0.1, 0.15) is 18.8 Å². The molecular weight excluding hydrogens is 234 g/mol. The van der Waals surface area contributed by atoms with Gasteiger partial charge < -0.3 is 9.88 Å². The first kappa shape index (κ1) is 10.4. The zero-order valence-corrected chi connectivity index (χ0v) is 9.88. The Morgan fingerprint density at radius 1 is 1.60 bits per heavy atom. The van der Waals surface area contributed by atoms with Crippen molar-refractivity contribution in [2.24, 2.45) is 7.05 Å². The largest absolute Gasteiger partial charge is 0.352 e. The second-order valence-corrected chi connectivity index (χ2v) is 4.39. The molecule has 0 saturated carbocycles. The quantitative estimate of drug-likeness (QED) is 0.897. The standard InChI is InChI=1S/C8H10ClN5S/c1-5(7-13-10-4-14(7)2)11-8-12-6(9)3-15-8/h3-5H,1-2H3,(H,11,12). The van der Waals surface area contributed by atoms with Crippen LogP contribution in [0, 0.1) is 0 Å². The lowest BCUT2D eigenvalue weighted by Gasteiger charge is -2.11. The zero-order valence-electron chi connectivity index (χ0n) is 8.31. The lowest BCUT2D eigenvalue weighted by Crippen LogP contribution is -2.11. The number of aromatic nitrogens is 4. The Morgan fingerprint density at radius 2 is 2.40 bits per heavy atom. The summed E-state index contributed by atoms with van der Waals surface area (Å²) in [6.45, 7) is 2.00. The van der Waals surface area contributed by atoms with Crippen molar-refractivity contribution in [1.82, 2.24) is 19.7 Å². The molecule has 0 amide bonds. The van der Waals surface area contributed by atoms with Gasteiger partial charge in [-0.05, 0) is 6.92 Å². The molecule has 0 aliphatic heterocycles. The molecule has 2 rings (SSSR count). The highest BCUT2D eigenvalue weighted by Crippen LogP contribution is 2.23. The topological polar surface area (TPSA) is 55.6 Å². The van der Waals surface area contributed by atoms with Gasteiger partial charge >= 0.3 is 0 Å². The molecule has 0 aliphatic carbocycles. The summed E-state index contributed by atoms with van der Waals surface area (Å²) in [6.07, 6.45) is 1.67. The molecule has 80 valence electrons. The summed E-state index contributed by atoms with van der Waals surface area (Å²) < 4.78 is 1.87. The number of nitrogens with one attached hydrogen (secondary N) is 1. The van der Waals surface area contributed by atoms with E-state index in [1.807, 2.05) is 18.5 Å². The highest BCUT2D eigenvalue weighted by Gasteiger charge is 2.12. The number of hydrogen-bond donors (Lipinski definition) is 1. The third kappa shape index (κ3) is 2.27. The van der Waals surface area contributed by atoms with Crippen LogP contribution in [0.15, 0.2) is 11.7 Å². The van der Waals surface area contributed by atoms with Crippen molar-refractivity contribution in [2.75, 3.05) is 5.32 Å². The Kier molecular flexibility index (Phi) is 2.88. The first-order valence-electron chi connectivity index (χ1n) is 4.38. The minimum absolute atomic E-state index is 0.0553. The predicted molar refractivity (Wildman–Crippen MR) is 60.2 cm³/mol. The van der Waals surface area contributed by atoms with Crippen LogP contribution in [0.25, 0.3) is 0 Å². The molecule has 0 aromatic carbocycles. The van der Waals surface area contributed by atoms with Crippen LogP contribution in [0.5, 0.6) is 0 Å². The molecule has 1 unspecified atom stereocenters. The van der Waals surface area contributed by atoms with Crippen molar-refractivity contribution in [3.05, 3.63) is 22.7 Å². The molecule has 0 saturated heterocycles. The fourth-order valence-electron chi connectivity index (χ4n) is 1.25. The molecule has 0 fully saturated rings. The highest BCUT2D eigenvalue weighted by molar-refractivity contribution is 7.14. The van der Waals surface area contributed by atoms with Gasteiger partial charge in [0.1, 0.15) is 11.5 Å². The first-order chi connectivity index (χ1) is 7.16. The van der Waals surface area contributed by atoms with E-state index in [0.717, 1.165) is 11.0 Å². The summed E-state index contributed by atoms with van der Waals surface area (Å²) in [5.41, 5.74) is 0. The second kappa shape index (κ2) is 4.16. The Morgan fingerprint density at radius 3 is 2.93 bits per heavy atom. The van der Waals surface area contributed by atoms with E-state index in [1.54, 1.807) is 11.7 Å². The highest BCUT2D eigenvalue weighted by atomic mass is 35.5. The smallest absolute Gasteiger partial charge is 0.184 e. The van der Waals surface area contributed by atoms with Crippen molar-refractivity contribution in [3.63, 3.8) is 0 Å². The van der Waals surface area contributed by atoms with E-state index in [4.69, 9.17) is 11.6 Å². The van der Waals surface area contributed by atoms with Gasteiger partial charge in [-0.1, -0.05) is 11.6 Å². The van der Waals surface area contributed by atoms with E-state index in [9.17, 15) is 0 Å². The molecular formula is C8H10ClN5S. The maximum atomic E-state index is 5.73. The fraction of sp³-hybridized carbons (Fsp3) is 0.375. The lowest BCUT2D eigenvalue weighted by atomic mass is 10.3. The number of rotatable bonds is 3. The minimum atomic E-state index is 0.0553. The number of anilines is 1. The van der Waals surface area contributed by atoms with Gasteiger partial charge in [-0.3, -0.25) is 0 Å². The second-order valence-electron chi connectivity index (χ2n) is 3.14. The zero-order chi connectivity index (χ0) is 10.8. The van der Waals surface area contributed by atoms with E-state index in [1.165, 1.54) is 11.3 Å². The number of nitrogens with zero attached hydrogens (tertiary/aromatic N) is 4. The van der Waals surface area contributed by atoms with Crippen molar-refractivity contribution in [2.45, 2.75) is 13.0 Å². The molecule has 1 atom stereocenters. The van der Waals surface area contributed by atoms with Crippen LogP contribution in [0.2, 0.25) is 5.15 Å². The van der Waals surface area contributed by atoms with Gasteiger partial charge in [0.15, 0.2) is 11.0 Å². The normalized spacial score (nSPS) is 12.7. The Bertz CT molecular complexity index is 451. The van der Waals surface area contributed by atoms with E-state index in [0.29, 0.717) is 5.15 Å². The van der Waals surface area contributed by atoms with Gasteiger partial charge in [0.25, 0.3) is 0 Å². The number of hydrogen-bond acceptors (Lipinski definition) is 5. The van der Waals surface area contributed by atoms with Crippen LogP contribution in [0.3, 0.4) is 0 Å². The number of aryl methyl sites for hydroxylation is 1. The van der Waals surface area contributed by atoms with Crippen LogP contribution in [0.4, 0.5) is 5.13 Å². The van der Waals surface area contributed by atoms with Crippen molar-refractivity contribution >= 4 is 28.1 Å². The molecule has 2 aromatic rings. The van der Waals surface area contributed by atoms with Gasteiger partial charge in [0, 0.05) is 12.4 Å². The summed E-state index contributed by atoms with van der Waals surface area (Å²) in [4.78, 5) is 4.11. The van der Waals surface area contributed by atoms with Crippen LogP contribution >= 0.6 is 22.9 Å². The van der Waals surface area contributed by atoms with Gasteiger partial charge in [-0.25, -0.2) is 4.98 Å². The average molecular weight is 244 g/mol. The van der Waals surface area contributed by atoms with Gasteiger partial charge in [0.05, 0.1) is 6.04 Å². The average Bonchev–Trinajstić information content (AvgIpc) is 2.75. The van der Waals surface area contributed by atoms with E-state index >= 15 is 0 Å². The fourth-order valence-corrected chi connectivity index (χ4v) is 2.18. The molecule has 2 heterocycles. The van der Waals surface area contributed by atoms with Gasteiger partial charge in [0.2, 0.25) is 0 Å². The first-order valence-corrected chi connectivity index (χ1v) is 5.64. The maximum absolute atomic E-state index is 5.73. The monoisotopic (exact) mass is 243 g/mol. The molecule has 2 aromatic heterocycles. The molecule has 0 radical (unpaired) electrons. The van der Waals surface area contributed by atoms with E-state index in [2.05, 4.69) is 20.5 Å². The van der Waals surface area contributed by atoms with Crippen molar-refractivity contribution in [3.8, 4) is 0 Å². The third-order valence-electron chi connectivity index (χ3n) is 1.95. The summed E-state index contributed by atoms with van der Waals surface area (Å²) in [6, 6.07) is 0.0553. The number of halogens is 1. The van der Waals surface area contributed by atoms with Crippen molar-refractivity contribution < 1.29 is 0 Å². The maximum Gasteiger partial charge on any atom is 0.184 e. The summed E-state index contributed by atoms with van der Waals surface area (Å²) in [5.74, 6) is 0.862. The Labute approximate surface area is 96.1 Å². The predicted octanol–water partition coefficient (Wildman–Crippen LogP) is 2.10. The molecule has 5 nitrogen and oxygen atoms in total. The van der Waals surface area contributed by atoms with E-state index < -0.39 is 0 Å². The summed E-state index contributed by atoms with van der Waals surface area (Å²) in [5, 5.41) is 14.1. The third-order valence-corrected chi connectivity index (χ3v) is 3.05. The Balaban J connectivity index is 2.10. The van der Waals surface area contributed by atoms with Gasteiger partial charge in [-0.15, -0.1) is 21.5 Å². The molecule has 0 bridgehead atoms. The van der Waals surface area contributed by atoms with Crippen molar-refractivity contribution in [1.29, 1.82) is 0 Å². The summed E-state index contributed by atoms with van der Waals surface area (Å²) >= 11 is 7.20. The number of thiazole rings is 1. The molecule has 15 heavy (non-hydrogen) atoms. The van der Waals surface area contributed by atoms with E-state index in [-0.39, 0.29) is 6.04 Å². The van der Waals surface area contributed by atoms with Crippen LogP contribution in [-0.4, -0.2) is 19.7 Å². The SMILES string of the molecule is CC(Nc1nc(Cl)cs1)c1nncn1C. The van der Waals surface area contributed by atoms with Crippen LogP contribution in [-0.2, 0) is 7.05 Å². The lowest BCUT2D eigenvalue weighted by molar-refractivity contribution is 0.718. The summed E-state index contributed by atoms with van der Waals surface area (Å²) in [7, 11) is 1.91. The molecule has 7 heteroatoms. The minimum Gasteiger partial charge on any atom is -0.352 e. The molecule has 1 N–H and O–H groups in total.